The van der Waals surface area contributed by atoms with Crippen LogP contribution in [0.5, 0.6) is 0 Å². The van der Waals surface area contributed by atoms with Crippen LogP contribution in [-0.4, -0.2) is 9.55 Å². The molecule has 1 aromatic carbocycles. The number of nitrogens with two attached hydrogens (primary N) is 1. The molecule has 20 heavy (non-hydrogen) atoms. The van der Waals surface area contributed by atoms with Gasteiger partial charge in [-0.05, 0) is 25.0 Å². The molecule has 0 fully saturated rings. The minimum Gasteiger partial charge on any atom is -0.383 e. The standard InChI is InChI=1S/C17H21N3/c1-6-10-20-16(18)15(19-17(20)11(2)3)14-12(4)8-7-9-13(14)5/h1,7-9,11H,10,18H2,2-5H3. The lowest BCUT2D eigenvalue weighted by molar-refractivity contribution is 0.691. The summed E-state index contributed by atoms with van der Waals surface area (Å²) in [5, 5.41) is 0. The molecule has 0 saturated heterocycles. The van der Waals surface area contributed by atoms with E-state index in [9.17, 15) is 0 Å². The maximum Gasteiger partial charge on any atom is 0.132 e. The van der Waals surface area contributed by atoms with Crippen molar-refractivity contribution in [1.82, 2.24) is 9.55 Å². The molecule has 0 unspecified atom stereocenters. The number of anilines is 1. The van der Waals surface area contributed by atoms with Gasteiger partial charge in [-0.2, -0.15) is 0 Å². The first-order chi connectivity index (χ1) is 9.47. The normalized spacial score (nSPS) is 10.8. The van der Waals surface area contributed by atoms with Gasteiger partial charge in [0.2, 0.25) is 0 Å². The molecule has 104 valence electrons. The maximum absolute atomic E-state index is 6.30. The van der Waals surface area contributed by atoms with Crippen molar-refractivity contribution in [3.8, 4) is 23.6 Å². The second-order valence-corrected chi connectivity index (χ2v) is 5.42. The molecule has 0 spiro atoms. The summed E-state index contributed by atoms with van der Waals surface area (Å²) in [6.45, 7) is 8.82. The highest BCUT2D eigenvalue weighted by Crippen LogP contribution is 2.33. The Morgan fingerprint density at radius 3 is 2.40 bits per heavy atom. The zero-order chi connectivity index (χ0) is 14.9. The minimum absolute atomic E-state index is 0.281. The number of hydrogen-bond acceptors (Lipinski definition) is 2. The monoisotopic (exact) mass is 267 g/mol. The predicted octanol–water partition coefficient (Wildman–Crippen LogP) is 3.51. The van der Waals surface area contributed by atoms with Crippen LogP contribution in [-0.2, 0) is 6.54 Å². The number of aromatic nitrogens is 2. The Balaban J connectivity index is 2.70. The van der Waals surface area contributed by atoms with Gasteiger partial charge in [0, 0.05) is 11.5 Å². The van der Waals surface area contributed by atoms with Gasteiger partial charge in [0.1, 0.15) is 17.3 Å². The number of rotatable bonds is 3. The van der Waals surface area contributed by atoms with Crippen LogP contribution in [0.3, 0.4) is 0 Å². The van der Waals surface area contributed by atoms with Crippen molar-refractivity contribution in [2.24, 2.45) is 0 Å². The van der Waals surface area contributed by atoms with Crippen LogP contribution in [0.15, 0.2) is 18.2 Å². The zero-order valence-corrected chi connectivity index (χ0v) is 12.6. The Kier molecular flexibility index (Phi) is 3.85. The third kappa shape index (κ3) is 2.30. The summed E-state index contributed by atoms with van der Waals surface area (Å²) in [5.41, 5.74) is 10.6. The smallest absolute Gasteiger partial charge is 0.132 e. The lowest BCUT2D eigenvalue weighted by Gasteiger charge is -2.09. The topological polar surface area (TPSA) is 43.8 Å². The fourth-order valence-corrected chi connectivity index (χ4v) is 2.55. The molecule has 0 aliphatic rings. The zero-order valence-electron chi connectivity index (χ0n) is 12.6. The quantitative estimate of drug-likeness (QED) is 0.865. The Morgan fingerprint density at radius 2 is 1.90 bits per heavy atom. The Labute approximate surface area is 120 Å². The molecule has 0 aliphatic carbocycles. The first-order valence-electron chi connectivity index (χ1n) is 6.83. The van der Waals surface area contributed by atoms with Gasteiger partial charge in [-0.3, -0.25) is 0 Å². The number of benzene rings is 1. The SMILES string of the molecule is C#CCn1c(C(C)C)nc(-c2c(C)cccc2C)c1N. The average Bonchev–Trinajstić information content (AvgIpc) is 2.69. The highest BCUT2D eigenvalue weighted by molar-refractivity contribution is 5.76. The second kappa shape index (κ2) is 5.42. The van der Waals surface area contributed by atoms with E-state index in [2.05, 4.69) is 45.7 Å². The summed E-state index contributed by atoms with van der Waals surface area (Å²) in [5.74, 6) is 4.54. The Hall–Kier alpha value is -2.21. The van der Waals surface area contributed by atoms with Gasteiger partial charge in [-0.15, -0.1) is 6.42 Å². The first kappa shape index (κ1) is 14.2. The van der Waals surface area contributed by atoms with E-state index in [4.69, 9.17) is 17.1 Å². The number of aryl methyl sites for hydroxylation is 2. The predicted molar refractivity (Wildman–Crippen MR) is 84.5 cm³/mol. The molecule has 3 nitrogen and oxygen atoms in total. The van der Waals surface area contributed by atoms with Crippen molar-refractivity contribution in [1.29, 1.82) is 0 Å². The second-order valence-electron chi connectivity index (χ2n) is 5.42. The van der Waals surface area contributed by atoms with E-state index in [1.54, 1.807) is 0 Å². The van der Waals surface area contributed by atoms with Gasteiger partial charge in [-0.1, -0.05) is 38.0 Å². The summed E-state index contributed by atoms with van der Waals surface area (Å²) in [4.78, 5) is 4.76. The van der Waals surface area contributed by atoms with Gasteiger partial charge in [0.25, 0.3) is 0 Å². The summed E-state index contributed by atoms with van der Waals surface area (Å²) in [6.07, 6.45) is 5.45. The van der Waals surface area contributed by atoms with E-state index in [-0.39, 0.29) is 5.92 Å². The van der Waals surface area contributed by atoms with Gasteiger partial charge >= 0.3 is 0 Å². The highest BCUT2D eigenvalue weighted by atomic mass is 15.1. The van der Waals surface area contributed by atoms with Crippen molar-refractivity contribution in [2.75, 3.05) is 5.73 Å². The van der Waals surface area contributed by atoms with Crippen LogP contribution in [0.2, 0.25) is 0 Å². The van der Waals surface area contributed by atoms with Gasteiger partial charge in [0.05, 0.1) is 6.54 Å². The molecule has 1 heterocycles. The van der Waals surface area contributed by atoms with Gasteiger partial charge in [-0.25, -0.2) is 4.98 Å². The Morgan fingerprint density at radius 1 is 1.30 bits per heavy atom. The molecule has 0 amide bonds. The van der Waals surface area contributed by atoms with E-state index in [0.717, 1.165) is 17.1 Å². The van der Waals surface area contributed by atoms with Crippen LogP contribution in [0, 0.1) is 26.2 Å². The van der Waals surface area contributed by atoms with Crippen LogP contribution in [0.4, 0.5) is 5.82 Å². The molecule has 0 aliphatic heterocycles. The summed E-state index contributed by atoms with van der Waals surface area (Å²) < 4.78 is 1.94. The Bertz CT molecular complexity index is 652. The van der Waals surface area contributed by atoms with Gasteiger partial charge < -0.3 is 10.3 Å². The molecular weight excluding hydrogens is 246 g/mol. The van der Waals surface area contributed by atoms with E-state index in [1.165, 1.54) is 11.1 Å². The fraction of sp³-hybridized carbons (Fsp3) is 0.353. The molecule has 0 atom stereocenters. The van der Waals surface area contributed by atoms with Crippen molar-refractivity contribution >= 4 is 5.82 Å². The molecule has 2 aromatic rings. The van der Waals surface area contributed by atoms with Crippen LogP contribution >= 0.6 is 0 Å². The number of nitrogen functional groups attached to an aromatic ring is 1. The van der Waals surface area contributed by atoms with E-state index in [0.29, 0.717) is 12.4 Å². The maximum atomic E-state index is 6.30. The van der Waals surface area contributed by atoms with E-state index < -0.39 is 0 Å². The van der Waals surface area contributed by atoms with Crippen molar-refractivity contribution < 1.29 is 0 Å². The van der Waals surface area contributed by atoms with E-state index >= 15 is 0 Å². The summed E-state index contributed by atoms with van der Waals surface area (Å²) in [7, 11) is 0. The third-order valence-electron chi connectivity index (χ3n) is 3.52. The molecule has 2 N–H and O–H groups in total. The fourth-order valence-electron chi connectivity index (χ4n) is 2.55. The molecule has 1 aromatic heterocycles. The van der Waals surface area contributed by atoms with Crippen molar-refractivity contribution in [2.45, 2.75) is 40.2 Å². The number of hydrogen-bond donors (Lipinski definition) is 1. The first-order valence-corrected chi connectivity index (χ1v) is 6.83. The number of terminal acetylenes is 1. The van der Waals surface area contributed by atoms with Crippen molar-refractivity contribution in [3.63, 3.8) is 0 Å². The van der Waals surface area contributed by atoms with E-state index in [1.807, 2.05) is 10.6 Å². The summed E-state index contributed by atoms with van der Waals surface area (Å²) in [6, 6.07) is 6.21. The van der Waals surface area contributed by atoms with Crippen molar-refractivity contribution in [3.05, 3.63) is 35.2 Å². The van der Waals surface area contributed by atoms with Crippen LogP contribution in [0.1, 0.15) is 36.7 Å². The lowest BCUT2D eigenvalue weighted by Crippen LogP contribution is -2.07. The molecule has 3 heteroatoms. The van der Waals surface area contributed by atoms with Crippen LogP contribution < -0.4 is 5.73 Å². The third-order valence-corrected chi connectivity index (χ3v) is 3.52. The molecular formula is C17H21N3. The number of nitrogens with zero attached hydrogens (tertiary/aromatic N) is 2. The van der Waals surface area contributed by atoms with Crippen LogP contribution in [0.25, 0.3) is 11.3 Å². The molecule has 0 saturated carbocycles. The largest absolute Gasteiger partial charge is 0.383 e. The molecule has 0 bridgehead atoms. The minimum atomic E-state index is 0.281. The molecule has 2 rings (SSSR count). The number of imidazole rings is 1. The average molecular weight is 267 g/mol. The lowest BCUT2D eigenvalue weighted by atomic mass is 10.00. The highest BCUT2D eigenvalue weighted by Gasteiger charge is 2.19. The summed E-state index contributed by atoms with van der Waals surface area (Å²) >= 11 is 0. The molecule has 0 radical (unpaired) electrons. The van der Waals surface area contributed by atoms with Gasteiger partial charge in [0.15, 0.2) is 0 Å².